The van der Waals surface area contributed by atoms with E-state index in [-0.39, 0.29) is 11.9 Å². The van der Waals surface area contributed by atoms with Crippen molar-refractivity contribution in [3.8, 4) is 5.75 Å². The molecular weight excluding hydrogens is 370 g/mol. The van der Waals surface area contributed by atoms with E-state index in [2.05, 4.69) is 5.32 Å². The van der Waals surface area contributed by atoms with E-state index in [1.54, 1.807) is 0 Å². The van der Waals surface area contributed by atoms with Crippen LogP contribution < -0.4 is 10.1 Å². The molecule has 27 heavy (non-hydrogen) atoms. The number of rotatable bonds is 5. The SMILES string of the molecule is COC(=O)C1Cc2ccc(OCC3(NC(=O)OC(C)(C)C)CC3)c(Cl)c2C1. The number of benzene rings is 1. The normalized spacial score (nSPS) is 19.8. The van der Waals surface area contributed by atoms with Crippen molar-refractivity contribution in [3.05, 3.63) is 28.3 Å². The molecule has 0 heterocycles. The van der Waals surface area contributed by atoms with Crippen LogP contribution in [0.1, 0.15) is 44.7 Å². The molecule has 1 saturated carbocycles. The summed E-state index contributed by atoms with van der Waals surface area (Å²) in [5.74, 6) is 0.155. The molecule has 1 aromatic rings. The Kier molecular flexibility index (Phi) is 5.30. The fourth-order valence-electron chi connectivity index (χ4n) is 3.27. The highest BCUT2D eigenvalue weighted by Gasteiger charge is 2.46. The molecule has 1 unspecified atom stereocenters. The van der Waals surface area contributed by atoms with Crippen LogP contribution in [0.5, 0.6) is 5.75 Å². The minimum absolute atomic E-state index is 0.193. The summed E-state index contributed by atoms with van der Waals surface area (Å²) in [4.78, 5) is 23.8. The molecule has 1 amide bonds. The molecule has 0 bridgehead atoms. The summed E-state index contributed by atoms with van der Waals surface area (Å²) in [6.45, 7) is 5.81. The van der Waals surface area contributed by atoms with Crippen LogP contribution in [0.4, 0.5) is 4.79 Å². The molecule has 0 spiro atoms. The predicted octanol–water partition coefficient (Wildman–Crippen LogP) is 3.66. The second-order valence-electron chi connectivity index (χ2n) is 8.34. The van der Waals surface area contributed by atoms with Gasteiger partial charge in [0, 0.05) is 0 Å². The van der Waals surface area contributed by atoms with Crippen LogP contribution in [0.2, 0.25) is 5.02 Å². The second-order valence-corrected chi connectivity index (χ2v) is 8.72. The minimum atomic E-state index is -0.541. The third-order valence-electron chi connectivity index (χ3n) is 4.88. The molecule has 2 aliphatic carbocycles. The zero-order valence-electron chi connectivity index (χ0n) is 16.2. The fraction of sp³-hybridized carbons (Fsp3) is 0.600. The quantitative estimate of drug-likeness (QED) is 0.770. The molecule has 6 nitrogen and oxygen atoms in total. The van der Waals surface area contributed by atoms with E-state index in [1.165, 1.54) is 7.11 Å². The Morgan fingerprint density at radius 1 is 1.26 bits per heavy atom. The van der Waals surface area contributed by atoms with Gasteiger partial charge in [0.25, 0.3) is 0 Å². The Balaban J connectivity index is 1.61. The third kappa shape index (κ3) is 4.67. The maximum atomic E-state index is 12.0. The number of amides is 1. The number of esters is 1. The molecule has 0 aromatic heterocycles. The molecule has 0 radical (unpaired) electrons. The van der Waals surface area contributed by atoms with Crippen LogP contribution in [0.25, 0.3) is 0 Å². The maximum Gasteiger partial charge on any atom is 0.408 e. The summed E-state index contributed by atoms with van der Waals surface area (Å²) in [7, 11) is 1.40. The van der Waals surface area contributed by atoms with E-state index >= 15 is 0 Å². The number of ether oxygens (including phenoxy) is 3. The van der Waals surface area contributed by atoms with Crippen molar-refractivity contribution >= 4 is 23.7 Å². The Bertz CT molecular complexity index is 751. The van der Waals surface area contributed by atoms with E-state index in [1.807, 2.05) is 32.9 Å². The summed E-state index contributed by atoms with van der Waals surface area (Å²) < 4.78 is 16.1. The standard InChI is InChI=1S/C20H26ClNO5/c1-19(2,3)27-18(24)22-20(7-8-20)11-26-15-6-5-12-9-13(17(23)25-4)10-14(12)16(15)21/h5-6,13H,7-11H2,1-4H3,(H,22,24). The first kappa shape index (κ1) is 19.8. The molecular formula is C20H26ClNO5. The number of fused-ring (bicyclic) bond motifs is 1. The first-order valence-corrected chi connectivity index (χ1v) is 9.52. The van der Waals surface area contributed by atoms with Gasteiger partial charge in [-0.3, -0.25) is 4.79 Å². The van der Waals surface area contributed by atoms with Crippen LogP contribution >= 0.6 is 11.6 Å². The molecule has 3 rings (SSSR count). The van der Waals surface area contributed by atoms with Crippen LogP contribution in [-0.2, 0) is 27.1 Å². The first-order chi connectivity index (χ1) is 12.6. The van der Waals surface area contributed by atoms with E-state index in [9.17, 15) is 9.59 Å². The summed E-state index contributed by atoms with van der Waals surface area (Å²) >= 11 is 6.52. The highest BCUT2D eigenvalue weighted by Crippen LogP contribution is 2.41. The van der Waals surface area contributed by atoms with E-state index < -0.39 is 17.2 Å². The topological polar surface area (TPSA) is 73.9 Å². The van der Waals surface area contributed by atoms with Gasteiger partial charge in [-0.15, -0.1) is 0 Å². The third-order valence-corrected chi connectivity index (χ3v) is 5.29. The molecule has 0 saturated heterocycles. The summed E-state index contributed by atoms with van der Waals surface area (Å²) in [5, 5.41) is 3.44. The van der Waals surface area contributed by atoms with Crippen LogP contribution in [-0.4, -0.2) is 36.9 Å². The molecule has 1 atom stereocenters. The number of methoxy groups -OCH3 is 1. The van der Waals surface area contributed by atoms with Gasteiger partial charge in [0.1, 0.15) is 18.0 Å². The maximum absolute atomic E-state index is 12.0. The summed E-state index contributed by atoms with van der Waals surface area (Å²) in [5.41, 5.74) is 1.05. The van der Waals surface area contributed by atoms with Crippen molar-refractivity contribution < 1.29 is 23.8 Å². The van der Waals surface area contributed by atoms with Gasteiger partial charge in [-0.05, 0) is 63.6 Å². The van der Waals surface area contributed by atoms with Crippen molar-refractivity contribution in [1.82, 2.24) is 5.32 Å². The summed E-state index contributed by atoms with van der Waals surface area (Å²) in [6.07, 6.45) is 2.41. The van der Waals surface area contributed by atoms with E-state index in [0.29, 0.717) is 30.2 Å². The first-order valence-electron chi connectivity index (χ1n) is 9.14. The molecule has 0 aliphatic heterocycles. The van der Waals surface area contributed by atoms with Crippen molar-refractivity contribution in [2.24, 2.45) is 5.92 Å². The Labute approximate surface area is 164 Å². The van der Waals surface area contributed by atoms with Gasteiger partial charge in [-0.1, -0.05) is 17.7 Å². The Morgan fingerprint density at radius 3 is 2.56 bits per heavy atom. The van der Waals surface area contributed by atoms with Crippen LogP contribution in [0.15, 0.2) is 12.1 Å². The lowest BCUT2D eigenvalue weighted by Crippen LogP contribution is -2.44. The fourth-order valence-corrected chi connectivity index (χ4v) is 3.59. The number of nitrogens with one attached hydrogen (secondary N) is 1. The molecule has 148 valence electrons. The highest BCUT2D eigenvalue weighted by molar-refractivity contribution is 6.33. The lowest BCUT2D eigenvalue weighted by Gasteiger charge is -2.23. The molecule has 2 aliphatic rings. The number of hydrogen-bond acceptors (Lipinski definition) is 5. The van der Waals surface area contributed by atoms with E-state index in [0.717, 1.165) is 24.0 Å². The Hall–Kier alpha value is -1.95. The van der Waals surface area contributed by atoms with Gasteiger partial charge >= 0.3 is 12.1 Å². The van der Waals surface area contributed by atoms with Crippen molar-refractivity contribution in [2.45, 2.75) is 57.6 Å². The van der Waals surface area contributed by atoms with Gasteiger partial charge in [-0.2, -0.15) is 0 Å². The molecule has 7 heteroatoms. The molecule has 1 N–H and O–H groups in total. The average molecular weight is 396 g/mol. The number of halogens is 1. The number of hydrogen-bond donors (Lipinski definition) is 1. The van der Waals surface area contributed by atoms with Crippen LogP contribution in [0.3, 0.4) is 0 Å². The monoisotopic (exact) mass is 395 g/mol. The van der Waals surface area contributed by atoms with Gasteiger partial charge in [0.2, 0.25) is 0 Å². The van der Waals surface area contributed by atoms with E-state index in [4.69, 9.17) is 25.8 Å². The molecule has 1 fully saturated rings. The van der Waals surface area contributed by atoms with Gasteiger partial charge in [-0.25, -0.2) is 4.79 Å². The smallest absolute Gasteiger partial charge is 0.408 e. The van der Waals surface area contributed by atoms with Gasteiger partial charge in [0.15, 0.2) is 0 Å². The number of carbonyl (C=O) groups is 2. The predicted molar refractivity (Wildman–Crippen MR) is 101 cm³/mol. The average Bonchev–Trinajstić information content (AvgIpc) is 3.18. The van der Waals surface area contributed by atoms with Gasteiger partial charge in [0.05, 0.1) is 23.6 Å². The summed E-state index contributed by atoms with van der Waals surface area (Å²) in [6, 6.07) is 3.77. The van der Waals surface area contributed by atoms with Crippen LogP contribution in [0, 0.1) is 5.92 Å². The second kappa shape index (κ2) is 7.23. The highest BCUT2D eigenvalue weighted by atomic mass is 35.5. The Morgan fingerprint density at radius 2 is 1.96 bits per heavy atom. The molecule has 1 aromatic carbocycles. The van der Waals surface area contributed by atoms with Crippen molar-refractivity contribution in [1.29, 1.82) is 0 Å². The number of carbonyl (C=O) groups excluding carboxylic acids is 2. The number of alkyl carbamates (subject to hydrolysis) is 1. The zero-order chi connectivity index (χ0) is 19.8. The van der Waals surface area contributed by atoms with Crippen molar-refractivity contribution in [2.75, 3.05) is 13.7 Å². The largest absolute Gasteiger partial charge is 0.490 e. The van der Waals surface area contributed by atoms with Crippen molar-refractivity contribution in [3.63, 3.8) is 0 Å². The van der Waals surface area contributed by atoms with Gasteiger partial charge < -0.3 is 19.5 Å². The zero-order valence-corrected chi connectivity index (χ0v) is 16.9. The minimum Gasteiger partial charge on any atom is -0.490 e. The lowest BCUT2D eigenvalue weighted by molar-refractivity contribution is -0.145. The lowest BCUT2D eigenvalue weighted by atomic mass is 10.1.